The summed E-state index contributed by atoms with van der Waals surface area (Å²) in [6, 6.07) is 1.86. The maximum atomic E-state index is 5.47. The molecule has 0 aliphatic heterocycles. The second-order valence-corrected chi connectivity index (χ2v) is 6.37. The molecule has 0 bridgehead atoms. The van der Waals surface area contributed by atoms with E-state index in [0.29, 0.717) is 5.82 Å². The lowest BCUT2D eigenvalue weighted by Gasteiger charge is -2.25. The van der Waals surface area contributed by atoms with Gasteiger partial charge >= 0.3 is 0 Å². The van der Waals surface area contributed by atoms with E-state index in [4.69, 9.17) is 5.84 Å². The summed E-state index contributed by atoms with van der Waals surface area (Å²) < 4.78 is 0. The lowest BCUT2D eigenvalue weighted by atomic mass is 9.83. The molecule has 0 radical (unpaired) electrons. The first-order valence-corrected chi connectivity index (χ1v) is 7.09. The molecule has 4 N–H and O–H groups in total. The summed E-state index contributed by atoms with van der Waals surface area (Å²) in [5, 5.41) is 3.38. The van der Waals surface area contributed by atoms with Crippen LogP contribution >= 0.6 is 0 Å². The molecule has 0 aromatic carbocycles. The molecule has 106 valence electrons. The molecule has 0 saturated heterocycles. The van der Waals surface area contributed by atoms with E-state index in [1.165, 1.54) is 25.7 Å². The highest BCUT2D eigenvalue weighted by atomic mass is 15.3. The van der Waals surface area contributed by atoms with E-state index in [1.54, 1.807) is 0 Å². The summed E-state index contributed by atoms with van der Waals surface area (Å²) in [5.74, 6) is 8.69. The first-order valence-electron chi connectivity index (χ1n) is 7.09. The normalized spacial score (nSPS) is 16.0. The van der Waals surface area contributed by atoms with Crippen LogP contribution in [-0.2, 0) is 5.41 Å². The number of nitrogens with zero attached hydrogens (tertiary/aromatic N) is 2. The zero-order valence-electron chi connectivity index (χ0n) is 12.2. The predicted octanol–water partition coefficient (Wildman–Crippen LogP) is 2.66. The molecule has 2 rings (SSSR count). The average Bonchev–Trinajstić information content (AvgIpc) is 2.31. The van der Waals surface area contributed by atoms with Gasteiger partial charge in [-0.1, -0.05) is 40.0 Å². The van der Waals surface area contributed by atoms with Crippen molar-refractivity contribution in [1.82, 2.24) is 9.97 Å². The molecule has 1 heterocycles. The Labute approximate surface area is 115 Å². The van der Waals surface area contributed by atoms with Crippen LogP contribution in [0.25, 0.3) is 0 Å². The number of aromatic nitrogens is 2. The smallest absolute Gasteiger partial charge is 0.145 e. The van der Waals surface area contributed by atoms with E-state index in [2.05, 4.69) is 41.5 Å². The summed E-state index contributed by atoms with van der Waals surface area (Å²) in [6.07, 6.45) is 5.39. The van der Waals surface area contributed by atoms with Gasteiger partial charge in [-0.15, -0.1) is 0 Å². The Bertz CT molecular complexity index is 420. The van der Waals surface area contributed by atoms with Crippen LogP contribution in [0, 0.1) is 5.92 Å². The maximum Gasteiger partial charge on any atom is 0.145 e. The van der Waals surface area contributed by atoms with E-state index in [-0.39, 0.29) is 5.41 Å². The van der Waals surface area contributed by atoms with Crippen molar-refractivity contribution in [3.8, 4) is 0 Å². The molecule has 1 fully saturated rings. The standard InChI is InChI=1S/C14H25N5/c1-14(2,3)13-17-11(9-12(18-13)19-15)16-8-7-10-5-4-6-10/h9-10H,4-8,15H2,1-3H3,(H2,16,17,18,19). The summed E-state index contributed by atoms with van der Waals surface area (Å²) in [4.78, 5) is 8.98. The molecule has 1 saturated carbocycles. The van der Waals surface area contributed by atoms with Crippen LogP contribution in [0.5, 0.6) is 0 Å². The lowest BCUT2D eigenvalue weighted by Crippen LogP contribution is -2.21. The zero-order chi connectivity index (χ0) is 13.9. The fraction of sp³-hybridized carbons (Fsp3) is 0.714. The van der Waals surface area contributed by atoms with Crippen molar-refractivity contribution in [3.63, 3.8) is 0 Å². The summed E-state index contributed by atoms with van der Waals surface area (Å²) in [5.41, 5.74) is 2.52. The lowest BCUT2D eigenvalue weighted by molar-refractivity contribution is 0.303. The number of hydrogen-bond acceptors (Lipinski definition) is 5. The van der Waals surface area contributed by atoms with Gasteiger partial charge in [-0.25, -0.2) is 15.8 Å². The molecule has 5 heteroatoms. The van der Waals surface area contributed by atoms with Gasteiger partial charge < -0.3 is 10.7 Å². The van der Waals surface area contributed by atoms with E-state index in [0.717, 1.165) is 24.1 Å². The van der Waals surface area contributed by atoms with Crippen molar-refractivity contribution >= 4 is 11.6 Å². The number of rotatable bonds is 5. The van der Waals surface area contributed by atoms with E-state index in [9.17, 15) is 0 Å². The molecule has 0 spiro atoms. The first kappa shape index (κ1) is 14.1. The fourth-order valence-electron chi connectivity index (χ4n) is 2.13. The van der Waals surface area contributed by atoms with Crippen LogP contribution < -0.4 is 16.6 Å². The number of nitrogen functional groups attached to an aromatic ring is 1. The van der Waals surface area contributed by atoms with Gasteiger partial charge in [-0.05, 0) is 12.3 Å². The third kappa shape index (κ3) is 3.80. The Morgan fingerprint density at radius 1 is 1.26 bits per heavy atom. The third-order valence-corrected chi connectivity index (χ3v) is 3.63. The topological polar surface area (TPSA) is 75.9 Å². The molecule has 1 aromatic heterocycles. The Hall–Kier alpha value is -1.36. The zero-order valence-corrected chi connectivity index (χ0v) is 12.2. The molecule has 5 nitrogen and oxygen atoms in total. The van der Waals surface area contributed by atoms with Gasteiger partial charge in [0.05, 0.1) is 0 Å². The van der Waals surface area contributed by atoms with Gasteiger partial charge in [0, 0.05) is 18.0 Å². The number of anilines is 2. The number of hydrogen-bond donors (Lipinski definition) is 3. The van der Waals surface area contributed by atoms with Crippen LogP contribution in [-0.4, -0.2) is 16.5 Å². The first-order chi connectivity index (χ1) is 8.99. The Kier molecular flexibility index (Phi) is 4.24. The molecular formula is C14H25N5. The Balaban J connectivity index is 2.01. The fourth-order valence-corrected chi connectivity index (χ4v) is 2.13. The van der Waals surface area contributed by atoms with Crippen LogP contribution in [0.4, 0.5) is 11.6 Å². The molecule has 1 aliphatic rings. The summed E-state index contributed by atoms with van der Waals surface area (Å²) in [6.45, 7) is 7.26. The van der Waals surface area contributed by atoms with E-state index >= 15 is 0 Å². The Morgan fingerprint density at radius 3 is 2.47 bits per heavy atom. The maximum absolute atomic E-state index is 5.47. The van der Waals surface area contributed by atoms with Gasteiger partial charge in [0.1, 0.15) is 17.5 Å². The second kappa shape index (κ2) is 5.74. The van der Waals surface area contributed by atoms with Crippen LogP contribution in [0.1, 0.15) is 52.3 Å². The van der Waals surface area contributed by atoms with Crippen molar-refractivity contribution in [2.75, 3.05) is 17.3 Å². The van der Waals surface area contributed by atoms with Crippen molar-refractivity contribution in [2.45, 2.75) is 51.9 Å². The van der Waals surface area contributed by atoms with Crippen molar-refractivity contribution < 1.29 is 0 Å². The number of hydrazine groups is 1. The van der Waals surface area contributed by atoms with Gasteiger partial charge in [0.25, 0.3) is 0 Å². The van der Waals surface area contributed by atoms with Crippen LogP contribution in [0.2, 0.25) is 0 Å². The molecule has 1 aliphatic carbocycles. The average molecular weight is 263 g/mol. The van der Waals surface area contributed by atoms with Gasteiger partial charge in [0.15, 0.2) is 0 Å². The van der Waals surface area contributed by atoms with E-state index < -0.39 is 0 Å². The SMILES string of the molecule is CC(C)(C)c1nc(NN)cc(NCCC2CCC2)n1. The minimum atomic E-state index is -0.0860. The second-order valence-electron chi connectivity index (χ2n) is 6.37. The van der Waals surface area contributed by atoms with Gasteiger partial charge in [-0.3, -0.25) is 0 Å². The molecule has 0 atom stereocenters. The highest BCUT2D eigenvalue weighted by Gasteiger charge is 2.20. The molecule has 19 heavy (non-hydrogen) atoms. The summed E-state index contributed by atoms with van der Waals surface area (Å²) in [7, 11) is 0. The highest BCUT2D eigenvalue weighted by molar-refractivity contribution is 5.47. The molecule has 0 amide bonds. The van der Waals surface area contributed by atoms with Crippen LogP contribution in [0.3, 0.4) is 0 Å². The van der Waals surface area contributed by atoms with Crippen molar-refractivity contribution in [2.24, 2.45) is 11.8 Å². The van der Waals surface area contributed by atoms with Gasteiger partial charge in [-0.2, -0.15) is 0 Å². The predicted molar refractivity (Wildman–Crippen MR) is 79.0 cm³/mol. The van der Waals surface area contributed by atoms with Gasteiger partial charge in [0.2, 0.25) is 0 Å². The van der Waals surface area contributed by atoms with E-state index in [1.807, 2.05) is 6.07 Å². The minimum absolute atomic E-state index is 0.0860. The monoisotopic (exact) mass is 263 g/mol. The molecular weight excluding hydrogens is 238 g/mol. The van der Waals surface area contributed by atoms with Crippen molar-refractivity contribution in [1.29, 1.82) is 0 Å². The largest absolute Gasteiger partial charge is 0.370 e. The van der Waals surface area contributed by atoms with Crippen molar-refractivity contribution in [3.05, 3.63) is 11.9 Å². The Morgan fingerprint density at radius 2 is 1.95 bits per heavy atom. The number of nitrogens with two attached hydrogens (primary N) is 1. The molecule has 0 unspecified atom stereocenters. The highest BCUT2D eigenvalue weighted by Crippen LogP contribution is 2.29. The summed E-state index contributed by atoms with van der Waals surface area (Å²) >= 11 is 0. The van der Waals surface area contributed by atoms with Crippen LogP contribution in [0.15, 0.2) is 6.07 Å². The quantitative estimate of drug-likeness (QED) is 0.562. The molecule has 1 aromatic rings. The number of nitrogens with one attached hydrogen (secondary N) is 2. The minimum Gasteiger partial charge on any atom is -0.370 e. The third-order valence-electron chi connectivity index (χ3n) is 3.63.